The zero-order chi connectivity index (χ0) is 44.4. The van der Waals surface area contributed by atoms with Gasteiger partial charge in [0.15, 0.2) is 0 Å². The quantitative estimate of drug-likeness (QED) is 0.0645. The second kappa shape index (κ2) is 20.4. The highest BCUT2D eigenvalue weighted by Crippen LogP contribution is 2.41. The summed E-state index contributed by atoms with van der Waals surface area (Å²) in [5.41, 5.74) is -0.105. The van der Waals surface area contributed by atoms with Crippen molar-refractivity contribution < 1.29 is 46.4 Å². The highest BCUT2D eigenvalue weighted by Gasteiger charge is 2.51. The van der Waals surface area contributed by atoms with E-state index in [-0.39, 0.29) is 18.4 Å². The van der Waals surface area contributed by atoms with Crippen LogP contribution in [0.25, 0.3) is 0 Å². The van der Waals surface area contributed by atoms with Crippen molar-refractivity contribution in [3.05, 3.63) is 59.8 Å². The second-order valence-electron chi connectivity index (χ2n) is 18.3. The van der Waals surface area contributed by atoms with Gasteiger partial charge in [-0.2, -0.15) is 8.42 Å². The average Bonchev–Trinajstić information content (AvgIpc) is 3.88. The van der Waals surface area contributed by atoms with E-state index in [0.717, 1.165) is 61.7 Å². The molecule has 0 aromatic rings. The molecule has 60 heavy (non-hydrogen) atoms. The Kier molecular flexibility index (Phi) is 16.4. The summed E-state index contributed by atoms with van der Waals surface area (Å²) < 4.78 is 38.3. The van der Waals surface area contributed by atoms with Gasteiger partial charge in [-0.15, -0.1) is 6.58 Å². The van der Waals surface area contributed by atoms with E-state index in [0.29, 0.717) is 45.1 Å². The van der Waals surface area contributed by atoms with Gasteiger partial charge in [0.1, 0.15) is 17.6 Å². The zero-order valence-corrected chi connectivity index (χ0v) is 37.1. The Morgan fingerprint density at radius 1 is 1.03 bits per heavy atom. The van der Waals surface area contributed by atoms with Crippen LogP contribution in [0.3, 0.4) is 0 Å². The molecule has 4 aliphatic carbocycles. The summed E-state index contributed by atoms with van der Waals surface area (Å²) in [4.78, 5) is 66.0. The van der Waals surface area contributed by atoms with Crippen molar-refractivity contribution in [2.24, 2.45) is 16.7 Å². The third kappa shape index (κ3) is 13.8. The van der Waals surface area contributed by atoms with Gasteiger partial charge in [-0.05, 0) is 106 Å². The van der Waals surface area contributed by atoms with E-state index in [9.17, 15) is 32.4 Å². The van der Waals surface area contributed by atoms with E-state index >= 15 is 0 Å². The fraction of sp³-hybridized carbons (Fsp3) is 0.659. The van der Waals surface area contributed by atoms with Gasteiger partial charge in [0.25, 0.3) is 5.91 Å². The Labute approximate surface area is 356 Å². The summed E-state index contributed by atoms with van der Waals surface area (Å²) in [5, 5.41) is 19.7. The lowest BCUT2D eigenvalue weighted by Crippen LogP contribution is -2.67. The number of hydrogen-bond acceptors (Lipinski definition) is 9. The predicted octanol–water partition coefficient (Wildman–Crippen LogP) is 6.55. The summed E-state index contributed by atoms with van der Waals surface area (Å²) in [5.74, 6) is -3.03. The molecule has 6 N–H and O–H groups in total. The van der Waals surface area contributed by atoms with Crippen molar-refractivity contribution in [3.8, 4) is 0 Å². The molecule has 5 amide bonds. The van der Waals surface area contributed by atoms with Gasteiger partial charge in [0.05, 0.1) is 12.2 Å². The molecule has 4 rings (SSSR count). The number of carbonyl (C=O) groups is 5. The van der Waals surface area contributed by atoms with Crippen LogP contribution in [-0.4, -0.2) is 79.8 Å². The van der Waals surface area contributed by atoms with E-state index in [1.54, 1.807) is 13.0 Å². The van der Waals surface area contributed by atoms with Crippen LogP contribution in [0.15, 0.2) is 59.8 Å². The number of rotatable bonds is 22. The number of hydrogen-bond donors (Lipinski definition) is 6. The normalized spacial score (nSPS) is 23.0. The van der Waals surface area contributed by atoms with E-state index < -0.39 is 74.8 Å². The van der Waals surface area contributed by atoms with Crippen LogP contribution in [0.5, 0.6) is 0 Å². The molecular weight excluding hydrogens is 791 g/mol. The molecule has 0 radical (unpaired) electrons. The molecule has 2 saturated carbocycles. The minimum absolute atomic E-state index is 0.0912. The van der Waals surface area contributed by atoms with E-state index in [4.69, 9.17) is 14.0 Å². The summed E-state index contributed by atoms with van der Waals surface area (Å²) in [6.07, 6.45) is 18.8. The topological polar surface area (TPSA) is 218 Å². The van der Waals surface area contributed by atoms with Crippen molar-refractivity contribution in [1.29, 1.82) is 0 Å². The molecule has 4 atom stereocenters. The fourth-order valence-corrected chi connectivity index (χ4v) is 9.13. The lowest BCUT2D eigenvalue weighted by molar-refractivity contribution is -0.135. The van der Waals surface area contributed by atoms with E-state index in [1.165, 1.54) is 12.2 Å². The van der Waals surface area contributed by atoms with Crippen molar-refractivity contribution in [2.45, 2.75) is 155 Å². The fourth-order valence-electron chi connectivity index (χ4n) is 7.99. The summed E-state index contributed by atoms with van der Waals surface area (Å²) in [6.45, 7) is 15.7. The van der Waals surface area contributed by atoms with Gasteiger partial charge in [-0.3, -0.25) is 14.4 Å². The van der Waals surface area contributed by atoms with Gasteiger partial charge >= 0.3 is 22.5 Å². The van der Waals surface area contributed by atoms with E-state index in [1.807, 2.05) is 38.5 Å². The maximum atomic E-state index is 14.1. The number of ether oxygens (including phenoxy) is 1. The summed E-state index contributed by atoms with van der Waals surface area (Å²) in [6, 6.07) is -2.14. The van der Waals surface area contributed by atoms with Crippen LogP contribution in [0.4, 0.5) is 9.59 Å². The van der Waals surface area contributed by atoms with Crippen LogP contribution < -0.4 is 26.0 Å². The first-order valence-electron chi connectivity index (χ1n) is 21.3. The summed E-state index contributed by atoms with van der Waals surface area (Å²) >= 11 is 0. The molecule has 0 saturated heterocycles. The molecule has 0 heterocycles. The number of amides is 5. The van der Waals surface area contributed by atoms with Crippen molar-refractivity contribution in [1.82, 2.24) is 26.0 Å². The third-order valence-electron chi connectivity index (χ3n) is 12.2. The maximum absolute atomic E-state index is 14.1. The smallest absolute Gasteiger partial charge is 0.407 e. The minimum Gasteiger partial charge on any atom is -0.465 e. The third-order valence-corrected chi connectivity index (χ3v) is 13.3. The van der Waals surface area contributed by atoms with Crippen molar-refractivity contribution >= 4 is 40.2 Å². The lowest BCUT2D eigenvalue weighted by atomic mass is 9.71. The zero-order valence-electron chi connectivity index (χ0n) is 36.2. The minimum atomic E-state index is -4.49. The molecule has 4 aliphatic rings. The molecule has 334 valence electrons. The molecule has 4 unspecified atom stereocenters. The first-order chi connectivity index (χ1) is 28.1. The Bertz CT molecular complexity index is 1860. The monoisotopic (exact) mass is 857 g/mol. The van der Waals surface area contributed by atoms with Crippen LogP contribution in [0.1, 0.15) is 131 Å². The molecule has 16 heteroatoms. The van der Waals surface area contributed by atoms with Crippen LogP contribution in [0, 0.1) is 16.7 Å². The maximum Gasteiger partial charge on any atom is 0.407 e. The molecule has 0 aliphatic heterocycles. The lowest BCUT2D eigenvalue weighted by Gasteiger charge is -2.41. The second-order valence-corrected chi connectivity index (χ2v) is 19.6. The van der Waals surface area contributed by atoms with Gasteiger partial charge in [0, 0.05) is 12.5 Å². The molecule has 0 bridgehead atoms. The Balaban J connectivity index is 1.39. The van der Waals surface area contributed by atoms with Crippen molar-refractivity contribution in [2.75, 3.05) is 13.2 Å². The summed E-state index contributed by atoms with van der Waals surface area (Å²) in [7, 11) is -4.49. The Hall–Kier alpha value is -4.44. The van der Waals surface area contributed by atoms with Crippen LogP contribution in [-0.2, 0) is 33.6 Å². The molecule has 2 fully saturated rings. The average molecular weight is 858 g/mol. The van der Waals surface area contributed by atoms with Gasteiger partial charge < -0.3 is 31.1 Å². The van der Waals surface area contributed by atoms with Gasteiger partial charge in [-0.1, -0.05) is 89.8 Å². The SMILES string of the molecule is C=CC1C=CC1(NC(=O)C(CCC)NC(=O)C(CC1(C)CCCCC1)NC(=O)OCC(C)(C)CCC=CC1=CCCC(CNC(=O)O)=C1C)C(=O)NS(=O)(=O)OC1(C)CC1. The number of alkyl carbamates (subject to hydrolysis) is 1. The van der Waals surface area contributed by atoms with Crippen LogP contribution >= 0.6 is 0 Å². The first-order valence-corrected chi connectivity index (χ1v) is 22.7. The first kappa shape index (κ1) is 48.2. The number of carboxylic acid groups (broad SMARTS) is 1. The molecule has 0 aromatic heterocycles. The highest BCUT2D eigenvalue weighted by molar-refractivity contribution is 7.85. The predicted molar refractivity (Wildman–Crippen MR) is 229 cm³/mol. The Morgan fingerprint density at radius 3 is 2.33 bits per heavy atom. The van der Waals surface area contributed by atoms with Crippen molar-refractivity contribution in [3.63, 3.8) is 0 Å². The number of carbonyl (C=O) groups excluding carboxylic acids is 4. The Morgan fingerprint density at radius 2 is 1.73 bits per heavy atom. The number of nitrogens with one attached hydrogen (secondary N) is 5. The number of allylic oxidation sites excluding steroid dienone is 5. The molecule has 15 nitrogen and oxygen atoms in total. The molecule has 0 aromatic carbocycles. The van der Waals surface area contributed by atoms with Crippen LogP contribution in [0.2, 0.25) is 0 Å². The van der Waals surface area contributed by atoms with Gasteiger partial charge in [-0.25, -0.2) is 18.5 Å². The van der Waals surface area contributed by atoms with Gasteiger partial charge in [0.2, 0.25) is 11.8 Å². The molecular formula is C44H67N5O10S. The highest BCUT2D eigenvalue weighted by atomic mass is 32.2. The molecule has 0 spiro atoms. The largest absolute Gasteiger partial charge is 0.465 e. The standard InChI is InChI=1S/C44H67N5O10S/c1-8-16-34(37(51)48-44(24-20-33(44)9-2)38(52)49-60(56,57)59-43(7)25-26-43)46-36(50)35(27-42(6)22-12-10-13-23-42)47-40(55)58-29-41(4,5)21-14-11-17-31-18-15-19-32(30(31)3)28-45-39(53)54/h9,11,17-18,20,24,33-35,45H,2,8,10,12-16,19,21-23,25-29H2,1,3-7H3,(H,46,50)(H,47,55)(H,48,51)(H,49,52)(H,53,54). The van der Waals surface area contributed by atoms with E-state index in [2.05, 4.69) is 46.9 Å².